The zero-order chi connectivity index (χ0) is 14.9. The number of H-pyrrole nitrogens is 1. The van der Waals surface area contributed by atoms with Gasteiger partial charge in [-0.25, -0.2) is 4.98 Å². The van der Waals surface area contributed by atoms with E-state index in [1.165, 1.54) is 0 Å². The molecule has 0 aliphatic heterocycles. The number of nitrogens with one attached hydrogen (secondary N) is 2. The molecule has 20 heavy (non-hydrogen) atoms. The minimum Gasteiger partial charge on any atom is -0.356 e. The Bertz CT molecular complexity index is 579. The fraction of sp³-hybridized carbons (Fsp3) is 0.417. The Balaban J connectivity index is 2.21. The molecule has 8 heteroatoms. The van der Waals surface area contributed by atoms with Crippen molar-refractivity contribution < 1.29 is 0 Å². The minimum absolute atomic E-state index is 0.783. The molecule has 0 fully saturated rings. The van der Waals surface area contributed by atoms with Crippen LogP contribution in [0.4, 0.5) is 5.95 Å². The number of anilines is 1. The normalized spacial score (nSPS) is 11.6. The Morgan fingerprint density at radius 2 is 1.70 bits per heavy atom. The van der Waals surface area contributed by atoms with Crippen LogP contribution in [0.25, 0.3) is 11.0 Å². The Kier molecular flexibility index (Phi) is 5.93. The molecule has 110 valence electrons. The summed E-state index contributed by atoms with van der Waals surface area (Å²) in [6.07, 6.45) is 1.07. The molecule has 1 aromatic heterocycles. The van der Waals surface area contributed by atoms with Crippen molar-refractivity contribution in [2.75, 3.05) is 32.5 Å². The van der Waals surface area contributed by atoms with E-state index in [0.717, 1.165) is 54.4 Å². The highest BCUT2D eigenvalue weighted by Gasteiger charge is 2.17. The van der Waals surface area contributed by atoms with Crippen molar-refractivity contribution in [3.8, 4) is 0 Å². The third-order valence-corrected chi connectivity index (χ3v) is 7.53. The van der Waals surface area contributed by atoms with Crippen LogP contribution in [0.1, 0.15) is 6.42 Å². The molecular weight excluding hydrogens is 520 g/mol. The molecule has 0 aliphatic rings. The second-order valence-electron chi connectivity index (χ2n) is 4.65. The van der Waals surface area contributed by atoms with Gasteiger partial charge in [0.1, 0.15) is 5.52 Å². The van der Waals surface area contributed by atoms with Crippen LogP contribution in [0.15, 0.2) is 17.9 Å². The predicted molar refractivity (Wildman–Crippen MR) is 98.6 cm³/mol. The third kappa shape index (κ3) is 3.58. The molecule has 0 spiro atoms. The molecule has 1 aromatic carbocycles. The third-order valence-electron chi connectivity index (χ3n) is 2.78. The van der Waals surface area contributed by atoms with Crippen LogP contribution in [0, 0.1) is 0 Å². The number of fused-ring (bicyclic) bond motifs is 1. The maximum absolute atomic E-state index is 4.58. The second kappa shape index (κ2) is 7.09. The molecule has 2 rings (SSSR count). The van der Waals surface area contributed by atoms with E-state index < -0.39 is 0 Å². The average molecular weight is 534 g/mol. The molecule has 0 saturated carbocycles. The van der Waals surface area contributed by atoms with Crippen molar-refractivity contribution in [2.24, 2.45) is 0 Å². The Hall–Kier alpha value is 0.370. The maximum atomic E-state index is 4.58. The topological polar surface area (TPSA) is 44.0 Å². The van der Waals surface area contributed by atoms with Crippen LogP contribution >= 0.6 is 63.7 Å². The average Bonchev–Trinajstić information content (AvgIpc) is 2.83. The molecule has 0 bridgehead atoms. The van der Waals surface area contributed by atoms with Gasteiger partial charge in [0.15, 0.2) is 0 Å². The van der Waals surface area contributed by atoms with Crippen molar-refractivity contribution in [2.45, 2.75) is 6.42 Å². The van der Waals surface area contributed by atoms with Crippen LogP contribution < -0.4 is 5.32 Å². The summed E-state index contributed by atoms with van der Waals surface area (Å²) in [5, 5.41) is 3.32. The Labute approximate surface area is 151 Å². The van der Waals surface area contributed by atoms with Crippen molar-refractivity contribution in [1.29, 1.82) is 0 Å². The Morgan fingerprint density at radius 3 is 2.35 bits per heavy atom. The lowest BCUT2D eigenvalue weighted by atomic mass is 10.3. The van der Waals surface area contributed by atoms with Crippen molar-refractivity contribution in [3.63, 3.8) is 0 Å². The van der Waals surface area contributed by atoms with E-state index in [0.29, 0.717) is 0 Å². The summed E-state index contributed by atoms with van der Waals surface area (Å²) in [5.74, 6) is 0.783. The molecule has 2 N–H and O–H groups in total. The molecule has 4 nitrogen and oxygen atoms in total. The second-order valence-corrected chi connectivity index (χ2v) is 7.82. The largest absolute Gasteiger partial charge is 0.356 e. The van der Waals surface area contributed by atoms with Gasteiger partial charge < -0.3 is 15.2 Å². The molecule has 0 amide bonds. The van der Waals surface area contributed by atoms with Gasteiger partial charge in [0, 0.05) is 15.5 Å². The molecule has 1 heterocycles. The molecule has 0 saturated heterocycles. The van der Waals surface area contributed by atoms with E-state index in [1.54, 1.807) is 0 Å². The predicted octanol–water partition coefficient (Wildman–Crippen LogP) is 4.98. The quantitative estimate of drug-likeness (QED) is 0.324. The smallest absolute Gasteiger partial charge is 0.201 e. The minimum atomic E-state index is 0.783. The lowest BCUT2D eigenvalue weighted by molar-refractivity contribution is 0.405. The van der Waals surface area contributed by atoms with E-state index in [9.17, 15) is 0 Å². The van der Waals surface area contributed by atoms with Crippen molar-refractivity contribution in [1.82, 2.24) is 14.9 Å². The molecule has 2 aromatic rings. The van der Waals surface area contributed by atoms with Crippen molar-refractivity contribution >= 4 is 80.7 Å². The van der Waals surface area contributed by atoms with Gasteiger partial charge in [0.05, 0.1) is 14.5 Å². The summed E-state index contributed by atoms with van der Waals surface area (Å²) >= 11 is 14.2. The van der Waals surface area contributed by atoms with Gasteiger partial charge in [-0.05, 0) is 90.8 Å². The molecule has 0 atom stereocenters. The molecular formula is C12H14Br4N4. The lowest BCUT2D eigenvalue weighted by Gasteiger charge is -2.08. The fourth-order valence-electron chi connectivity index (χ4n) is 1.78. The first kappa shape index (κ1) is 16.7. The zero-order valence-corrected chi connectivity index (χ0v) is 17.4. The highest BCUT2D eigenvalue weighted by Crippen LogP contribution is 2.42. The highest BCUT2D eigenvalue weighted by atomic mass is 79.9. The lowest BCUT2D eigenvalue weighted by Crippen LogP contribution is -2.16. The molecule has 0 aliphatic carbocycles. The number of hydrogen-bond donors (Lipinski definition) is 2. The molecule has 0 unspecified atom stereocenters. The summed E-state index contributed by atoms with van der Waals surface area (Å²) in [6, 6.07) is 0. The zero-order valence-electron chi connectivity index (χ0n) is 11.0. The summed E-state index contributed by atoms with van der Waals surface area (Å²) < 4.78 is 3.79. The standard InChI is InChI=1S/C12H14Br4N4/c1-20(2)5-3-4-17-12-18-10-8(15)6(13)7(14)9(16)11(10)19-12/h3-5H2,1-2H3,(H2,17,18,19). The van der Waals surface area contributed by atoms with Crippen LogP contribution in [-0.4, -0.2) is 42.1 Å². The number of aromatic nitrogens is 2. The number of hydrogen-bond acceptors (Lipinski definition) is 3. The van der Waals surface area contributed by atoms with E-state index in [1.807, 2.05) is 0 Å². The van der Waals surface area contributed by atoms with Crippen molar-refractivity contribution in [3.05, 3.63) is 17.9 Å². The van der Waals surface area contributed by atoms with E-state index in [2.05, 4.69) is 98.0 Å². The monoisotopic (exact) mass is 530 g/mol. The van der Waals surface area contributed by atoms with E-state index >= 15 is 0 Å². The summed E-state index contributed by atoms with van der Waals surface area (Å²) in [7, 11) is 4.15. The van der Waals surface area contributed by atoms with Gasteiger partial charge >= 0.3 is 0 Å². The first-order valence-corrected chi connectivity index (χ1v) is 9.19. The first-order valence-electron chi connectivity index (χ1n) is 6.02. The number of imidazole rings is 1. The maximum Gasteiger partial charge on any atom is 0.201 e. The van der Waals surface area contributed by atoms with Crippen LogP contribution in [0.2, 0.25) is 0 Å². The van der Waals surface area contributed by atoms with E-state index in [4.69, 9.17) is 0 Å². The summed E-state index contributed by atoms with van der Waals surface area (Å²) in [4.78, 5) is 10.0. The van der Waals surface area contributed by atoms with Gasteiger partial charge in [0.25, 0.3) is 0 Å². The number of rotatable bonds is 5. The SMILES string of the molecule is CN(C)CCCNc1nc2c(Br)c(Br)c(Br)c(Br)c2[nH]1. The van der Waals surface area contributed by atoms with Crippen LogP contribution in [0.3, 0.4) is 0 Å². The number of nitrogens with zero attached hydrogens (tertiary/aromatic N) is 2. The number of benzene rings is 1. The first-order chi connectivity index (χ1) is 9.41. The van der Waals surface area contributed by atoms with Gasteiger partial charge in [0.2, 0.25) is 5.95 Å². The van der Waals surface area contributed by atoms with Gasteiger partial charge in [-0.1, -0.05) is 0 Å². The van der Waals surface area contributed by atoms with Gasteiger partial charge in [-0.3, -0.25) is 0 Å². The highest BCUT2D eigenvalue weighted by molar-refractivity contribution is 9.15. The van der Waals surface area contributed by atoms with Gasteiger partial charge in [-0.15, -0.1) is 0 Å². The Morgan fingerprint density at radius 1 is 1.05 bits per heavy atom. The molecule has 0 radical (unpaired) electrons. The summed E-state index contributed by atoms with van der Waals surface area (Å²) in [5.41, 5.74) is 1.85. The fourth-order valence-corrected chi connectivity index (χ4v) is 4.07. The van der Waals surface area contributed by atoms with Crippen LogP contribution in [-0.2, 0) is 0 Å². The number of aromatic amines is 1. The summed E-state index contributed by atoms with van der Waals surface area (Å²) in [6.45, 7) is 1.94. The van der Waals surface area contributed by atoms with E-state index in [-0.39, 0.29) is 0 Å². The van der Waals surface area contributed by atoms with Crippen LogP contribution in [0.5, 0.6) is 0 Å². The number of halogens is 4. The van der Waals surface area contributed by atoms with Gasteiger partial charge in [-0.2, -0.15) is 0 Å².